The van der Waals surface area contributed by atoms with Crippen molar-refractivity contribution in [2.24, 2.45) is 0 Å². The first kappa shape index (κ1) is 18.8. The summed E-state index contributed by atoms with van der Waals surface area (Å²) < 4.78 is 5.39. The van der Waals surface area contributed by atoms with Gasteiger partial charge in [0.15, 0.2) is 0 Å². The van der Waals surface area contributed by atoms with Gasteiger partial charge in [0.25, 0.3) is 0 Å². The van der Waals surface area contributed by atoms with Crippen LogP contribution in [0.2, 0.25) is 0 Å². The van der Waals surface area contributed by atoms with E-state index in [0.717, 1.165) is 62.2 Å². The first-order valence-corrected chi connectivity index (χ1v) is 10.5. The minimum atomic E-state index is -0.838. The lowest BCUT2D eigenvalue weighted by Crippen LogP contribution is -2.42. The molecule has 0 saturated carbocycles. The molecular formula is C20H27N3O3S. The predicted octanol–water partition coefficient (Wildman–Crippen LogP) is 2.16. The third-order valence-electron chi connectivity index (χ3n) is 5.56. The fourth-order valence-corrected chi connectivity index (χ4v) is 4.70. The minimum absolute atomic E-state index is 0.339. The average Bonchev–Trinajstić information content (AvgIpc) is 3.16. The highest BCUT2D eigenvalue weighted by molar-refractivity contribution is 7.09. The summed E-state index contributed by atoms with van der Waals surface area (Å²) in [6.07, 6.45) is 1.34. The molecule has 0 aliphatic carbocycles. The molecule has 2 saturated heterocycles. The summed E-state index contributed by atoms with van der Waals surface area (Å²) in [5.74, 6) is 0.339. The molecule has 2 aliphatic heterocycles. The number of likely N-dealkylation sites (tertiary alicyclic amines) is 1. The van der Waals surface area contributed by atoms with Crippen LogP contribution in [-0.4, -0.2) is 64.4 Å². The number of ether oxygens (including phenoxy) is 1. The molecule has 2 N–H and O–H groups in total. The molecular weight excluding hydrogens is 362 g/mol. The zero-order valence-corrected chi connectivity index (χ0v) is 16.3. The van der Waals surface area contributed by atoms with Crippen molar-refractivity contribution in [3.05, 3.63) is 45.9 Å². The summed E-state index contributed by atoms with van der Waals surface area (Å²) in [7, 11) is 0. The molecule has 0 radical (unpaired) electrons. The van der Waals surface area contributed by atoms with Crippen molar-refractivity contribution in [2.45, 2.75) is 31.5 Å². The fraction of sp³-hybridized carbons (Fsp3) is 0.550. The van der Waals surface area contributed by atoms with Gasteiger partial charge in [0, 0.05) is 43.7 Å². The van der Waals surface area contributed by atoms with E-state index in [4.69, 9.17) is 9.72 Å². The molecule has 1 aromatic carbocycles. The van der Waals surface area contributed by atoms with Crippen LogP contribution in [0.1, 0.15) is 29.1 Å². The maximum absolute atomic E-state index is 11.1. The number of nitrogens with zero attached hydrogens (tertiary/aromatic N) is 3. The summed E-state index contributed by atoms with van der Waals surface area (Å²) in [6.45, 7) is 6.60. The molecule has 0 unspecified atom stereocenters. The third kappa shape index (κ3) is 4.50. The molecule has 4 rings (SSSR count). The number of aromatic hydroxyl groups is 1. The number of morpholine rings is 1. The highest BCUT2D eigenvalue weighted by atomic mass is 32.1. The van der Waals surface area contributed by atoms with Crippen molar-refractivity contribution in [1.82, 2.24) is 14.8 Å². The Hall–Kier alpha value is -1.51. The largest absolute Gasteiger partial charge is 0.508 e. The Balaban J connectivity index is 1.34. The average molecular weight is 390 g/mol. The van der Waals surface area contributed by atoms with E-state index in [-0.39, 0.29) is 0 Å². The number of benzene rings is 1. The molecule has 0 atom stereocenters. The molecule has 3 heterocycles. The molecule has 146 valence electrons. The molecule has 27 heavy (non-hydrogen) atoms. The van der Waals surface area contributed by atoms with Gasteiger partial charge < -0.3 is 14.9 Å². The number of thiazole rings is 1. The van der Waals surface area contributed by atoms with E-state index in [1.54, 1.807) is 17.4 Å². The molecule has 0 spiro atoms. The van der Waals surface area contributed by atoms with Crippen LogP contribution in [0, 0.1) is 0 Å². The van der Waals surface area contributed by atoms with Crippen molar-refractivity contribution < 1.29 is 14.9 Å². The van der Waals surface area contributed by atoms with Gasteiger partial charge in [-0.15, -0.1) is 11.3 Å². The Morgan fingerprint density at radius 3 is 2.48 bits per heavy atom. The van der Waals surface area contributed by atoms with Gasteiger partial charge in [0.05, 0.1) is 25.5 Å². The van der Waals surface area contributed by atoms with Crippen LogP contribution in [0.4, 0.5) is 0 Å². The number of aromatic nitrogens is 1. The lowest BCUT2D eigenvalue weighted by molar-refractivity contribution is -0.0309. The first-order chi connectivity index (χ1) is 13.1. The molecule has 2 aliphatic rings. The Labute approximate surface area is 164 Å². The van der Waals surface area contributed by atoms with Gasteiger partial charge >= 0.3 is 0 Å². The standard InChI is InChI=1S/C20H27N3O3S/c24-17-4-2-1-3-16(17)13-22-7-5-20(25,6-8-22)18-15-27-19(21-18)14-23-9-11-26-12-10-23/h1-4,15,24-25H,5-14H2. The van der Waals surface area contributed by atoms with Gasteiger partial charge in [-0.2, -0.15) is 0 Å². The van der Waals surface area contributed by atoms with Crippen molar-refractivity contribution in [2.75, 3.05) is 39.4 Å². The molecule has 6 nitrogen and oxygen atoms in total. The smallest absolute Gasteiger partial charge is 0.120 e. The Bertz CT molecular complexity index is 752. The predicted molar refractivity (Wildman–Crippen MR) is 105 cm³/mol. The summed E-state index contributed by atoms with van der Waals surface area (Å²) in [5, 5.41) is 24.2. The van der Waals surface area contributed by atoms with Crippen LogP contribution < -0.4 is 0 Å². The van der Waals surface area contributed by atoms with Gasteiger partial charge in [0.1, 0.15) is 16.4 Å². The van der Waals surface area contributed by atoms with Crippen LogP contribution in [0.5, 0.6) is 5.75 Å². The van der Waals surface area contributed by atoms with Gasteiger partial charge in [-0.05, 0) is 18.9 Å². The summed E-state index contributed by atoms with van der Waals surface area (Å²) >= 11 is 1.64. The number of rotatable bonds is 5. The lowest BCUT2D eigenvalue weighted by atomic mass is 9.88. The second kappa shape index (κ2) is 8.24. The molecule has 0 amide bonds. The Morgan fingerprint density at radius 2 is 1.74 bits per heavy atom. The van der Waals surface area contributed by atoms with Gasteiger partial charge in [0.2, 0.25) is 0 Å². The second-order valence-electron chi connectivity index (χ2n) is 7.45. The number of hydrogen-bond donors (Lipinski definition) is 2. The van der Waals surface area contributed by atoms with E-state index in [1.165, 1.54) is 0 Å². The number of piperidine rings is 1. The SMILES string of the molecule is Oc1ccccc1CN1CCC(O)(c2csc(CN3CCOCC3)n2)CC1. The van der Waals surface area contributed by atoms with Crippen LogP contribution >= 0.6 is 11.3 Å². The van der Waals surface area contributed by atoms with Crippen LogP contribution in [0.25, 0.3) is 0 Å². The van der Waals surface area contributed by atoms with E-state index in [9.17, 15) is 10.2 Å². The molecule has 1 aromatic heterocycles. The fourth-order valence-electron chi connectivity index (χ4n) is 3.77. The van der Waals surface area contributed by atoms with E-state index >= 15 is 0 Å². The van der Waals surface area contributed by atoms with Crippen molar-refractivity contribution >= 4 is 11.3 Å². The van der Waals surface area contributed by atoms with Gasteiger partial charge in [-0.1, -0.05) is 18.2 Å². The van der Waals surface area contributed by atoms with Crippen LogP contribution in [-0.2, 0) is 23.4 Å². The van der Waals surface area contributed by atoms with Crippen molar-refractivity contribution in [3.63, 3.8) is 0 Å². The Morgan fingerprint density at radius 1 is 1.04 bits per heavy atom. The summed E-state index contributed by atoms with van der Waals surface area (Å²) in [4.78, 5) is 9.39. The van der Waals surface area contributed by atoms with E-state index in [0.29, 0.717) is 25.1 Å². The van der Waals surface area contributed by atoms with Crippen molar-refractivity contribution in [1.29, 1.82) is 0 Å². The zero-order chi connectivity index (χ0) is 18.7. The number of phenols is 1. The normalized spacial score (nSPS) is 21.4. The molecule has 0 bridgehead atoms. The minimum Gasteiger partial charge on any atom is -0.508 e. The highest BCUT2D eigenvalue weighted by Crippen LogP contribution is 2.34. The zero-order valence-electron chi connectivity index (χ0n) is 15.5. The highest BCUT2D eigenvalue weighted by Gasteiger charge is 2.36. The number of hydrogen-bond acceptors (Lipinski definition) is 7. The number of para-hydroxylation sites is 1. The maximum Gasteiger partial charge on any atom is 0.120 e. The molecule has 2 fully saturated rings. The second-order valence-corrected chi connectivity index (χ2v) is 8.39. The molecule has 2 aromatic rings. The number of phenolic OH excluding ortho intramolecular Hbond substituents is 1. The molecule has 7 heteroatoms. The quantitative estimate of drug-likeness (QED) is 0.817. The Kier molecular flexibility index (Phi) is 5.75. The van der Waals surface area contributed by atoms with Gasteiger partial charge in [-0.3, -0.25) is 9.80 Å². The van der Waals surface area contributed by atoms with Crippen LogP contribution in [0.3, 0.4) is 0 Å². The van der Waals surface area contributed by atoms with E-state index < -0.39 is 5.60 Å². The first-order valence-electron chi connectivity index (χ1n) is 9.59. The number of aliphatic hydroxyl groups is 1. The topological polar surface area (TPSA) is 69.1 Å². The monoisotopic (exact) mass is 389 g/mol. The van der Waals surface area contributed by atoms with Gasteiger partial charge in [-0.25, -0.2) is 4.98 Å². The van der Waals surface area contributed by atoms with E-state index in [1.807, 2.05) is 23.6 Å². The summed E-state index contributed by atoms with van der Waals surface area (Å²) in [6, 6.07) is 7.46. The van der Waals surface area contributed by atoms with Crippen LogP contribution in [0.15, 0.2) is 29.6 Å². The third-order valence-corrected chi connectivity index (χ3v) is 6.39. The van der Waals surface area contributed by atoms with Crippen molar-refractivity contribution in [3.8, 4) is 5.75 Å². The lowest BCUT2D eigenvalue weighted by Gasteiger charge is -2.37. The maximum atomic E-state index is 11.1. The summed E-state index contributed by atoms with van der Waals surface area (Å²) in [5.41, 5.74) is 0.914. The van der Waals surface area contributed by atoms with E-state index in [2.05, 4.69) is 9.80 Å².